The summed E-state index contributed by atoms with van der Waals surface area (Å²) < 4.78 is 28.9. The summed E-state index contributed by atoms with van der Waals surface area (Å²) in [6, 6.07) is 3.76. The van der Waals surface area contributed by atoms with E-state index in [4.69, 9.17) is 0 Å². The standard InChI is InChI=1S/C15H16F2N2O/c1-3-14-11(9-20)15(4-2)19(18-14)8-10-12(16)6-5-7-13(10)17/h5-7,9H,3-4,8H2,1-2H3. The number of benzene rings is 1. The van der Waals surface area contributed by atoms with Crippen molar-refractivity contribution >= 4 is 6.29 Å². The SMILES string of the molecule is CCc1nn(Cc2c(F)cccc2F)c(CC)c1C=O. The molecule has 0 radical (unpaired) electrons. The Kier molecular flexibility index (Phi) is 4.27. The minimum absolute atomic E-state index is 0.0114. The predicted molar refractivity (Wildman–Crippen MR) is 71.8 cm³/mol. The van der Waals surface area contributed by atoms with E-state index in [0.29, 0.717) is 29.8 Å². The van der Waals surface area contributed by atoms with E-state index in [-0.39, 0.29) is 12.1 Å². The van der Waals surface area contributed by atoms with Gasteiger partial charge in [-0.2, -0.15) is 5.10 Å². The van der Waals surface area contributed by atoms with Crippen molar-refractivity contribution in [1.29, 1.82) is 0 Å². The highest BCUT2D eigenvalue weighted by molar-refractivity contribution is 5.78. The number of aromatic nitrogens is 2. The molecule has 0 aliphatic heterocycles. The van der Waals surface area contributed by atoms with Gasteiger partial charge in [0.15, 0.2) is 6.29 Å². The lowest BCUT2D eigenvalue weighted by atomic mass is 10.1. The zero-order valence-corrected chi connectivity index (χ0v) is 11.5. The third-order valence-corrected chi connectivity index (χ3v) is 3.33. The number of aldehydes is 1. The molecular weight excluding hydrogens is 262 g/mol. The molecule has 2 aromatic rings. The largest absolute Gasteiger partial charge is 0.298 e. The number of rotatable bonds is 5. The molecule has 0 spiro atoms. The van der Waals surface area contributed by atoms with Crippen LogP contribution in [0.15, 0.2) is 18.2 Å². The number of aryl methyl sites for hydroxylation is 1. The van der Waals surface area contributed by atoms with Crippen molar-refractivity contribution in [2.24, 2.45) is 0 Å². The van der Waals surface area contributed by atoms with Crippen LogP contribution in [0.25, 0.3) is 0 Å². The predicted octanol–water partition coefficient (Wildman–Crippen LogP) is 3.15. The van der Waals surface area contributed by atoms with Crippen molar-refractivity contribution in [3.8, 4) is 0 Å². The van der Waals surface area contributed by atoms with Gasteiger partial charge in [-0.25, -0.2) is 8.78 Å². The highest BCUT2D eigenvalue weighted by atomic mass is 19.1. The van der Waals surface area contributed by atoms with E-state index < -0.39 is 11.6 Å². The highest BCUT2D eigenvalue weighted by Gasteiger charge is 2.17. The summed E-state index contributed by atoms with van der Waals surface area (Å²) in [5, 5.41) is 4.30. The number of hydrogen-bond acceptors (Lipinski definition) is 2. The summed E-state index contributed by atoms with van der Waals surface area (Å²) in [7, 11) is 0. The molecule has 0 amide bonds. The van der Waals surface area contributed by atoms with Crippen LogP contribution in [0.4, 0.5) is 8.78 Å². The zero-order chi connectivity index (χ0) is 14.7. The molecule has 0 N–H and O–H groups in total. The van der Waals surface area contributed by atoms with Crippen molar-refractivity contribution < 1.29 is 13.6 Å². The minimum Gasteiger partial charge on any atom is -0.298 e. The Morgan fingerprint density at radius 1 is 1.20 bits per heavy atom. The fourth-order valence-electron chi connectivity index (χ4n) is 2.30. The van der Waals surface area contributed by atoms with Gasteiger partial charge in [0.05, 0.1) is 17.8 Å². The van der Waals surface area contributed by atoms with Crippen LogP contribution >= 0.6 is 0 Å². The van der Waals surface area contributed by atoms with Crippen LogP contribution in [0.2, 0.25) is 0 Å². The maximum atomic E-state index is 13.7. The summed E-state index contributed by atoms with van der Waals surface area (Å²) in [6.45, 7) is 3.77. The van der Waals surface area contributed by atoms with E-state index in [1.165, 1.54) is 22.9 Å². The van der Waals surface area contributed by atoms with Crippen LogP contribution in [-0.4, -0.2) is 16.1 Å². The van der Waals surface area contributed by atoms with Gasteiger partial charge in [-0.05, 0) is 25.0 Å². The molecule has 20 heavy (non-hydrogen) atoms. The first-order valence-corrected chi connectivity index (χ1v) is 6.58. The van der Waals surface area contributed by atoms with Gasteiger partial charge in [-0.15, -0.1) is 0 Å². The van der Waals surface area contributed by atoms with Gasteiger partial charge < -0.3 is 0 Å². The van der Waals surface area contributed by atoms with Gasteiger partial charge in [-0.1, -0.05) is 19.9 Å². The molecule has 1 aromatic heterocycles. The first kappa shape index (κ1) is 14.4. The molecule has 0 saturated heterocycles. The van der Waals surface area contributed by atoms with Gasteiger partial charge >= 0.3 is 0 Å². The van der Waals surface area contributed by atoms with Crippen molar-refractivity contribution in [3.05, 3.63) is 52.3 Å². The summed E-state index contributed by atoms with van der Waals surface area (Å²) in [5.41, 5.74) is 1.87. The monoisotopic (exact) mass is 278 g/mol. The molecule has 0 fully saturated rings. The summed E-state index contributed by atoms with van der Waals surface area (Å²) in [6.07, 6.45) is 1.95. The lowest BCUT2D eigenvalue weighted by Crippen LogP contribution is -2.09. The number of carbonyl (C=O) groups excluding carboxylic acids is 1. The molecule has 1 heterocycles. The second-order valence-electron chi connectivity index (χ2n) is 4.49. The van der Waals surface area contributed by atoms with Crippen LogP contribution < -0.4 is 0 Å². The third kappa shape index (κ3) is 2.48. The molecule has 5 heteroatoms. The smallest absolute Gasteiger partial charge is 0.153 e. The van der Waals surface area contributed by atoms with E-state index in [9.17, 15) is 13.6 Å². The average Bonchev–Trinajstić information content (AvgIpc) is 2.79. The van der Waals surface area contributed by atoms with E-state index in [1.807, 2.05) is 13.8 Å². The molecule has 0 aliphatic rings. The summed E-state index contributed by atoms with van der Waals surface area (Å²) in [4.78, 5) is 11.2. The van der Waals surface area contributed by atoms with Gasteiger partial charge in [0.2, 0.25) is 0 Å². The van der Waals surface area contributed by atoms with Crippen LogP contribution in [0.3, 0.4) is 0 Å². The first-order valence-electron chi connectivity index (χ1n) is 6.58. The first-order chi connectivity index (χ1) is 9.62. The zero-order valence-electron chi connectivity index (χ0n) is 11.5. The fraction of sp³-hybridized carbons (Fsp3) is 0.333. The lowest BCUT2D eigenvalue weighted by Gasteiger charge is -2.08. The van der Waals surface area contributed by atoms with E-state index in [1.54, 1.807) is 0 Å². The Labute approximate surface area is 116 Å². The van der Waals surface area contributed by atoms with E-state index in [2.05, 4.69) is 5.10 Å². The van der Waals surface area contributed by atoms with E-state index >= 15 is 0 Å². The average molecular weight is 278 g/mol. The van der Waals surface area contributed by atoms with Crippen LogP contribution in [0.5, 0.6) is 0 Å². The summed E-state index contributed by atoms with van der Waals surface area (Å²) in [5.74, 6) is -1.21. The Hall–Kier alpha value is -2.04. The van der Waals surface area contributed by atoms with Crippen LogP contribution in [0.1, 0.15) is 41.2 Å². The van der Waals surface area contributed by atoms with Gasteiger partial charge in [0, 0.05) is 11.3 Å². The van der Waals surface area contributed by atoms with Gasteiger partial charge in [0.25, 0.3) is 0 Å². The van der Waals surface area contributed by atoms with Crippen molar-refractivity contribution in [1.82, 2.24) is 9.78 Å². The molecule has 0 unspecified atom stereocenters. The van der Waals surface area contributed by atoms with Crippen LogP contribution in [0, 0.1) is 11.6 Å². The lowest BCUT2D eigenvalue weighted by molar-refractivity contribution is 0.112. The molecule has 0 atom stereocenters. The Morgan fingerprint density at radius 2 is 1.85 bits per heavy atom. The second kappa shape index (κ2) is 5.94. The van der Waals surface area contributed by atoms with E-state index in [0.717, 1.165) is 6.29 Å². The molecule has 3 nitrogen and oxygen atoms in total. The van der Waals surface area contributed by atoms with Crippen LogP contribution in [-0.2, 0) is 19.4 Å². The number of hydrogen-bond donors (Lipinski definition) is 0. The maximum absolute atomic E-state index is 13.7. The fourth-order valence-corrected chi connectivity index (χ4v) is 2.30. The Balaban J connectivity index is 2.48. The molecule has 106 valence electrons. The maximum Gasteiger partial charge on any atom is 0.153 e. The van der Waals surface area contributed by atoms with Crippen molar-refractivity contribution in [2.45, 2.75) is 33.2 Å². The van der Waals surface area contributed by atoms with Gasteiger partial charge in [-0.3, -0.25) is 9.48 Å². The molecule has 0 saturated carbocycles. The highest BCUT2D eigenvalue weighted by Crippen LogP contribution is 2.18. The Bertz CT molecular complexity index is 615. The molecule has 0 bridgehead atoms. The number of nitrogens with zero attached hydrogens (tertiary/aromatic N) is 2. The Morgan fingerprint density at radius 3 is 2.35 bits per heavy atom. The topological polar surface area (TPSA) is 34.9 Å². The molecular formula is C15H16F2N2O. The number of carbonyl (C=O) groups is 1. The summed E-state index contributed by atoms with van der Waals surface area (Å²) >= 11 is 0. The third-order valence-electron chi connectivity index (χ3n) is 3.33. The molecule has 2 rings (SSSR count). The molecule has 1 aromatic carbocycles. The van der Waals surface area contributed by atoms with Gasteiger partial charge in [0.1, 0.15) is 11.6 Å². The minimum atomic E-state index is -0.603. The quantitative estimate of drug-likeness (QED) is 0.787. The number of halogens is 2. The van der Waals surface area contributed by atoms with Crippen molar-refractivity contribution in [2.75, 3.05) is 0 Å². The molecule has 0 aliphatic carbocycles. The van der Waals surface area contributed by atoms with Crippen molar-refractivity contribution in [3.63, 3.8) is 0 Å². The normalized spacial score (nSPS) is 10.8. The second-order valence-corrected chi connectivity index (χ2v) is 4.49.